The highest BCUT2D eigenvalue weighted by Gasteiger charge is 2.32. The summed E-state index contributed by atoms with van der Waals surface area (Å²) in [5.74, 6) is -1.62. The van der Waals surface area contributed by atoms with Crippen molar-refractivity contribution in [1.82, 2.24) is 4.98 Å². The molecule has 0 aliphatic carbocycles. The Hall–Kier alpha value is -3.63. The highest BCUT2D eigenvalue weighted by Crippen LogP contribution is 2.39. The average molecular weight is 588 g/mol. The fourth-order valence-corrected chi connectivity index (χ4v) is 6.40. The number of carbonyl (C=O) groups is 1. The van der Waals surface area contributed by atoms with Gasteiger partial charge in [-0.05, 0) is 49.1 Å². The third kappa shape index (κ3) is 6.71. The number of Topliss-reactive ketones (excluding diaryl/α,β-unsaturated/α-hetero) is 1. The summed E-state index contributed by atoms with van der Waals surface area (Å²) in [7, 11) is 0. The Balaban J connectivity index is 2.41. The number of carbonyl (C=O) groups excluding carboxylic acids is 1. The van der Waals surface area contributed by atoms with E-state index in [0.717, 1.165) is 71.2 Å². The summed E-state index contributed by atoms with van der Waals surface area (Å²) in [6.07, 6.45) is 6.08. The van der Waals surface area contributed by atoms with Gasteiger partial charge in [-0.1, -0.05) is 90.5 Å². The molecule has 2 aromatic carbocycles. The lowest BCUT2D eigenvalue weighted by atomic mass is 9.79. The summed E-state index contributed by atoms with van der Waals surface area (Å²) in [5.41, 5.74) is 3.29. The lowest BCUT2D eigenvalue weighted by Gasteiger charge is -2.23. The first-order chi connectivity index (χ1) is 19.8. The molecule has 0 bridgehead atoms. The number of aryl methyl sites for hydroxylation is 2. The molecule has 1 unspecified atom stereocenters. The number of hydrogen-bond donors (Lipinski definition) is 2. The van der Waals surface area contributed by atoms with Crippen molar-refractivity contribution in [2.24, 2.45) is 5.41 Å². The van der Waals surface area contributed by atoms with Crippen molar-refractivity contribution >= 4 is 34.9 Å². The lowest BCUT2D eigenvalue weighted by molar-refractivity contribution is -0.127. The van der Waals surface area contributed by atoms with E-state index >= 15 is 0 Å². The molecule has 1 aromatic heterocycles. The van der Waals surface area contributed by atoms with Crippen LogP contribution < -0.4 is 15.3 Å². The topological polar surface area (TPSA) is 97.4 Å². The smallest absolute Gasteiger partial charge is 0.186 e. The normalized spacial score (nSPS) is 12.8. The first kappa shape index (κ1) is 32.9. The number of hydrogen-bond acceptors (Lipinski definition) is 7. The molecule has 0 fully saturated rings. The maximum atomic E-state index is 13.2. The Kier molecular flexibility index (Phi) is 10.6. The highest BCUT2D eigenvalue weighted by molar-refractivity contribution is 7.16. The second-order valence-corrected chi connectivity index (χ2v) is 13.1. The average Bonchev–Trinajstić information content (AvgIpc) is 3.33. The van der Waals surface area contributed by atoms with E-state index in [2.05, 4.69) is 51.3 Å². The Bertz CT molecular complexity index is 1580. The summed E-state index contributed by atoms with van der Waals surface area (Å²) in [6, 6.07) is 8.20. The van der Waals surface area contributed by atoms with E-state index in [4.69, 9.17) is 4.98 Å². The molecule has 3 aromatic rings. The minimum absolute atomic E-state index is 0.0477. The van der Waals surface area contributed by atoms with Crippen LogP contribution in [0.25, 0.3) is 23.9 Å². The molecule has 42 heavy (non-hydrogen) atoms. The molecule has 0 radical (unpaired) electrons. The van der Waals surface area contributed by atoms with Gasteiger partial charge in [-0.25, -0.2) is 4.98 Å². The van der Waals surface area contributed by atoms with Gasteiger partial charge in [-0.15, -0.1) is 0 Å². The minimum atomic E-state index is -0.835. The van der Waals surface area contributed by atoms with E-state index < -0.39 is 17.1 Å². The third-order valence-electron chi connectivity index (χ3n) is 7.78. The number of phenolic OH excluding ortho intramolecular Hbond substituents is 2. The van der Waals surface area contributed by atoms with Crippen LogP contribution in [0.15, 0.2) is 18.2 Å². The number of nitrogens with zero attached hydrogens (tertiary/aromatic N) is 3. The molecule has 1 atom stereocenters. The minimum Gasteiger partial charge on any atom is -0.507 e. The molecule has 6 nitrogen and oxygen atoms in total. The first-order valence-electron chi connectivity index (χ1n) is 14.8. The van der Waals surface area contributed by atoms with Gasteiger partial charge in [-0.2, -0.15) is 5.26 Å². The highest BCUT2D eigenvalue weighted by atomic mass is 32.1. The number of nitriles is 1. The van der Waals surface area contributed by atoms with Crippen LogP contribution in [0.5, 0.6) is 11.5 Å². The van der Waals surface area contributed by atoms with Crippen molar-refractivity contribution in [3.63, 3.8) is 0 Å². The maximum Gasteiger partial charge on any atom is 0.186 e. The van der Waals surface area contributed by atoms with Gasteiger partial charge in [0.05, 0.1) is 10.6 Å². The molecule has 0 aliphatic rings. The van der Waals surface area contributed by atoms with Gasteiger partial charge in [0, 0.05) is 40.8 Å². The second-order valence-electron chi connectivity index (χ2n) is 12.1. The summed E-state index contributed by atoms with van der Waals surface area (Å²) in [6.45, 7) is 21.4. The molecule has 3 rings (SSSR count). The van der Waals surface area contributed by atoms with E-state index in [9.17, 15) is 20.3 Å². The molecule has 0 saturated carbocycles. The maximum absolute atomic E-state index is 13.2. The van der Waals surface area contributed by atoms with Crippen LogP contribution in [0.4, 0.5) is 5.13 Å². The van der Waals surface area contributed by atoms with Crippen molar-refractivity contribution in [2.75, 3.05) is 18.0 Å². The number of anilines is 1. The summed E-state index contributed by atoms with van der Waals surface area (Å²) in [4.78, 5) is 21.6. The van der Waals surface area contributed by atoms with Gasteiger partial charge >= 0.3 is 0 Å². The predicted molar refractivity (Wildman–Crippen MR) is 175 cm³/mol. The summed E-state index contributed by atoms with van der Waals surface area (Å²) >= 11 is 1.54. The van der Waals surface area contributed by atoms with E-state index in [1.165, 1.54) is 0 Å². The molecule has 0 aliphatic heterocycles. The quantitative estimate of drug-likeness (QED) is 0.249. The third-order valence-corrected chi connectivity index (χ3v) is 8.84. The fraction of sp³-hybridized carbons (Fsp3) is 0.457. The van der Waals surface area contributed by atoms with Gasteiger partial charge in [0.2, 0.25) is 0 Å². The van der Waals surface area contributed by atoms with Crippen LogP contribution in [0.1, 0.15) is 100 Å². The van der Waals surface area contributed by atoms with Crippen LogP contribution in [0, 0.1) is 30.6 Å². The van der Waals surface area contributed by atoms with E-state index in [1.807, 2.05) is 18.2 Å². The number of aromatic hydroxyl groups is 2. The molecule has 1 heterocycles. The van der Waals surface area contributed by atoms with Crippen LogP contribution in [-0.4, -0.2) is 34.1 Å². The van der Waals surface area contributed by atoms with Crippen LogP contribution in [-0.2, 0) is 4.79 Å². The Morgan fingerprint density at radius 2 is 1.69 bits per heavy atom. The van der Waals surface area contributed by atoms with Crippen LogP contribution >= 0.6 is 11.3 Å². The molecule has 0 amide bonds. The number of benzene rings is 2. The fourth-order valence-electron chi connectivity index (χ4n) is 5.33. The van der Waals surface area contributed by atoms with Crippen LogP contribution in [0.2, 0.25) is 0 Å². The second kappa shape index (κ2) is 13.6. The van der Waals surface area contributed by atoms with E-state index in [-0.39, 0.29) is 27.9 Å². The van der Waals surface area contributed by atoms with Gasteiger partial charge in [0.15, 0.2) is 5.13 Å². The first-order valence-corrected chi connectivity index (χ1v) is 15.6. The van der Waals surface area contributed by atoms with Crippen molar-refractivity contribution in [3.05, 3.63) is 55.8 Å². The molecule has 7 heteroatoms. The van der Waals surface area contributed by atoms with Crippen LogP contribution in [0.3, 0.4) is 0 Å². The van der Waals surface area contributed by atoms with Crippen molar-refractivity contribution in [1.29, 1.82) is 5.26 Å². The van der Waals surface area contributed by atoms with Crippen molar-refractivity contribution in [2.45, 2.75) is 87.0 Å². The zero-order chi connectivity index (χ0) is 31.4. The van der Waals surface area contributed by atoms with E-state index in [1.54, 1.807) is 39.0 Å². The number of unbranched alkanes of at least 4 members (excludes halogenated alkanes) is 2. The predicted octanol–water partition coefficient (Wildman–Crippen LogP) is 7.07. The Morgan fingerprint density at radius 3 is 2.19 bits per heavy atom. The largest absolute Gasteiger partial charge is 0.507 e. The molecular formula is C35H45N3O3S. The number of aromatic nitrogens is 1. The summed E-state index contributed by atoms with van der Waals surface area (Å²) in [5, 5.41) is 34.1. The zero-order valence-corrected chi connectivity index (χ0v) is 27.2. The SMILES string of the molecule is C=c1c(C#N)c(O)c(C(C)C(=O)C(C)(C)C)c(O)/c1=C\c1sc(N(CCCC)CCCC)nc1-c1c(C)cccc1C. The van der Waals surface area contributed by atoms with Gasteiger partial charge in [-0.3, -0.25) is 4.79 Å². The monoisotopic (exact) mass is 587 g/mol. The molecule has 0 spiro atoms. The number of ketones is 1. The van der Waals surface area contributed by atoms with Gasteiger partial charge in [0.1, 0.15) is 28.9 Å². The number of rotatable bonds is 11. The van der Waals surface area contributed by atoms with Gasteiger partial charge in [0.25, 0.3) is 0 Å². The molecule has 224 valence electrons. The number of phenols is 2. The van der Waals surface area contributed by atoms with E-state index in [0.29, 0.717) is 5.22 Å². The Labute approximate surface area is 254 Å². The standard InChI is InChI=1S/C35H45N3O3S/c1-10-12-17-38(18-13-11-2)34-37-30(28-21(3)15-14-16-22(28)4)27(42-34)19-25-23(5)26(20-36)32(40)29(31(25)39)24(6)33(41)35(7,8)9/h14-16,19,24,39-40H,5,10-13,17-18H2,1-4,6-9H3/b25-19-. The van der Waals surface area contributed by atoms with Crippen molar-refractivity contribution in [3.8, 4) is 28.8 Å². The van der Waals surface area contributed by atoms with Gasteiger partial charge < -0.3 is 15.1 Å². The Morgan fingerprint density at radius 1 is 1.12 bits per heavy atom. The zero-order valence-electron chi connectivity index (χ0n) is 26.4. The lowest BCUT2D eigenvalue weighted by Crippen LogP contribution is -2.31. The molecule has 2 N–H and O–H groups in total. The number of thiazole rings is 1. The molecular weight excluding hydrogens is 542 g/mol. The summed E-state index contributed by atoms with van der Waals surface area (Å²) < 4.78 is 0. The molecule has 0 saturated heterocycles. The van der Waals surface area contributed by atoms with Crippen molar-refractivity contribution < 1.29 is 15.0 Å².